The average molecular weight is 509 g/mol. The number of benzene rings is 2. The number of carboxylic acids is 1. The SMILES string of the molecule is O=C(CC1CCN(C(=O)CCc2cccc(F)c2)CC1)NC(Cc1ccc(Cl)c(Cl)c1)C(=O)O. The van der Waals surface area contributed by atoms with E-state index >= 15 is 0 Å². The Morgan fingerprint density at radius 3 is 2.44 bits per heavy atom. The molecule has 2 N–H and O–H groups in total. The number of hydrogen-bond donors (Lipinski definition) is 2. The van der Waals surface area contributed by atoms with Gasteiger partial charge < -0.3 is 15.3 Å². The van der Waals surface area contributed by atoms with Gasteiger partial charge in [0.15, 0.2) is 0 Å². The van der Waals surface area contributed by atoms with Gasteiger partial charge in [0.2, 0.25) is 11.8 Å². The monoisotopic (exact) mass is 508 g/mol. The largest absolute Gasteiger partial charge is 0.480 e. The minimum absolute atomic E-state index is 0.0136. The number of piperidine rings is 1. The predicted molar refractivity (Wildman–Crippen MR) is 128 cm³/mol. The van der Waals surface area contributed by atoms with Gasteiger partial charge in [-0.05, 0) is 60.6 Å². The first-order chi connectivity index (χ1) is 16.2. The number of aliphatic carboxylic acids is 1. The summed E-state index contributed by atoms with van der Waals surface area (Å²) in [4.78, 5) is 38.4. The van der Waals surface area contributed by atoms with Gasteiger partial charge in [0, 0.05) is 32.4 Å². The molecule has 9 heteroatoms. The smallest absolute Gasteiger partial charge is 0.326 e. The summed E-state index contributed by atoms with van der Waals surface area (Å²) in [5, 5.41) is 12.8. The quantitative estimate of drug-likeness (QED) is 0.521. The second-order valence-corrected chi connectivity index (χ2v) is 9.38. The molecule has 2 amide bonds. The molecule has 2 aromatic carbocycles. The minimum atomic E-state index is -1.13. The summed E-state index contributed by atoms with van der Waals surface area (Å²) in [6.45, 7) is 1.09. The highest BCUT2D eigenvalue weighted by Gasteiger charge is 2.26. The van der Waals surface area contributed by atoms with Crippen LogP contribution in [0.3, 0.4) is 0 Å². The number of likely N-dealkylation sites (tertiary alicyclic amines) is 1. The van der Waals surface area contributed by atoms with Gasteiger partial charge in [-0.25, -0.2) is 9.18 Å². The standard InChI is InChI=1S/C25H27Cl2FN2O4/c26-20-6-4-18(13-21(20)27)14-22(25(33)34)29-23(31)15-17-8-10-30(11-9-17)24(32)7-5-16-2-1-3-19(28)12-16/h1-4,6,12-13,17,22H,5,7-11,14-15H2,(H,29,31)(H,33,34). The molecule has 0 aromatic heterocycles. The Labute approximate surface area is 208 Å². The van der Waals surface area contributed by atoms with E-state index in [-0.39, 0.29) is 36.4 Å². The van der Waals surface area contributed by atoms with Gasteiger partial charge in [-0.3, -0.25) is 9.59 Å². The number of hydrogen-bond acceptors (Lipinski definition) is 3. The third-order valence-corrected chi connectivity index (χ3v) is 6.75. The third-order valence-electron chi connectivity index (χ3n) is 6.02. The third kappa shape index (κ3) is 7.71. The highest BCUT2D eigenvalue weighted by atomic mass is 35.5. The van der Waals surface area contributed by atoms with E-state index in [2.05, 4.69) is 5.32 Å². The fourth-order valence-corrected chi connectivity index (χ4v) is 4.43. The number of nitrogens with zero attached hydrogens (tertiary/aromatic N) is 1. The van der Waals surface area contributed by atoms with Crippen LogP contribution in [-0.2, 0) is 27.2 Å². The highest BCUT2D eigenvalue weighted by molar-refractivity contribution is 6.42. The Bertz CT molecular complexity index is 1040. The lowest BCUT2D eigenvalue weighted by atomic mass is 9.92. The van der Waals surface area contributed by atoms with Crippen LogP contribution in [0.25, 0.3) is 0 Å². The van der Waals surface area contributed by atoms with Gasteiger partial charge in [0.05, 0.1) is 10.0 Å². The van der Waals surface area contributed by atoms with E-state index in [4.69, 9.17) is 23.2 Å². The van der Waals surface area contributed by atoms with Crippen molar-refractivity contribution in [1.82, 2.24) is 10.2 Å². The fraction of sp³-hybridized carbons (Fsp3) is 0.400. The van der Waals surface area contributed by atoms with Crippen LogP contribution in [0.4, 0.5) is 4.39 Å². The second-order valence-electron chi connectivity index (χ2n) is 8.57. The van der Waals surface area contributed by atoms with E-state index in [0.717, 1.165) is 5.56 Å². The van der Waals surface area contributed by atoms with Crippen molar-refractivity contribution in [2.24, 2.45) is 5.92 Å². The van der Waals surface area contributed by atoms with Crippen LogP contribution in [-0.4, -0.2) is 46.9 Å². The van der Waals surface area contributed by atoms with Crippen molar-refractivity contribution in [2.75, 3.05) is 13.1 Å². The Balaban J connectivity index is 1.43. The molecule has 0 radical (unpaired) electrons. The van der Waals surface area contributed by atoms with E-state index in [1.54, 1.807) is 35.2 Å². The number of nitrogens with one attached hydrogen (secondary N) is 1. The van der Waals surface area contributed by atoms with Crippen molar-refractivity contribution in [3.63, 3.8) is 0 Å². The van der Waals surface area contributed by atoms with Gasteiger partial charge in [0.1, 0.15) is 11.9 Å². The molecule has 0 bridgehead atoms. The van der Waals surface area contributed by atoms with Gasteiger partial charge in [-0.15, -0.1) is 0 Å². The lowest BCUT2D eigenvalue weighted by Gasteiger charge is -2.32. The van der Waals surface area contributed by atoms with Crippen LogP contribution in [0.5, 0.6) is 0 Å². The number of rotatable bonds is 9. The molecule has 0 spiro atoms. The summed E-state index contributed by atoms with van der Waals surface area (Å²) >= 11 is 11.9. The van der Waals surface area contributed by atoms with Crippen LogP contribution >= 0.6 is 23.2 Å². The maximum atomic E-state index is 13.3. The molecule has 0 aliphatic carbocycles. The van der Waals surface area contributed by atoms with Gasteiger partial charge in [-0.2, -0.15) is 0 Å². The molecule has 3 rings (SSSR count). The molecule has 6 nitrogen and oxygen atoms in total. The van der Waals surface area contributed by atoms with Crippen molar-refractivity contribution in [3.8, 4) is 0 Å². The summed E-state index contributed by atoms with van der Waals surface area (Å²) < 4.78 is 13.3. The average Bonchev–Trinajstić information content (AvgIpc) is 2.80. The maximum Gasteiger partial charge on any atom is 0.326 e. The first kappa shape index (κ1) is 26.0. The van der Waals surface area contributed by atoms with Crippen LogP contribution in [0.1, 0.15) is 36.8 Å². The summed E-state index contributed by atoms with van der Waals surface area (Å²) in [6, 6.07) is 10.0. The summed E-state index contributed by atoms with van der Waals surface area (Å²) in [7, 11) is 0. The molecule has 1 unspecified atom stereocenters. The normalized spacial score (nSPS) is 15.1. The zero-order chi connectivity index (χ0) is 24.7. The molecule has 1 atom stereocenters. The van der Waals surface area contributed by atoms with Crippen molar-refractivity contribution in [1.29, 1.82) is 0 Å². The van der Waals surface area contributed by atoms with Crippen LogP contribution in [0.15, 0.2) is 42.5 Å². The molecule has 1 aliphatic heterocycles. The lowest BCUT2D eigenvalue weighted by molar-refractivity contribution is -0.142. The fourth-order valence-electron chi connectivity index (χ4n) is 4.11. The molecular formula is C25H27Cl2FN2O4. The Kier molecular flexibility index (Phi) is 9.30. The maximum absolute atomic E-state index is 13.3. The van der Waals surface area contributed by atoms with Crippen LogP contribution < -0.4 is 5.32 Å². The topological polar surface area (TPSA) is 86.7 Å². The van der Waals surface area contributed by atoms with Crippen molar-refractivity contribution >= 4 is 41.0 Å². The van der Waals surface area contributed by atoms with Crippen molar-refractivity contribution in [3.05, 3.63) is 69.5 Å². The molecule has 1 saturated heterocycles. The second kappa shape index (κ2) is 12.2. The van der Waals surface area contributed by atoms with Gasteiger partial charge >= 0.3 is 5.97 Å². The van der Waals surface area contributed by atoms with Gasteiger partial charge in [0.25, 0.3) is 0 Å². The van der Waals surface area contributed by atoms with Crippen molar-refractivity contribution in [2.45, 2.75) is 44.6 Å². The molecule has 34 heavy (non-hydrogen) atoms. The van der Waals surface area contributed by atoms with E-state index in [0.29, 0.717) is 54.4 Å². The molecular weight excluding hydrogens is 482 g/mol. The molecule has 1 fully saturated rings. The number of carboxylic acid groups (broad SMARTS) is 1. The van der Waals surface area contributed by atoms with E-state index < -0.39 is 12.0 Å². The minimum Gasteiger partial charge on any atom is -0.480 e. The Morgan fingerprint density at radius 1 is 1.06 bits per heavy atom. The molecule has 1 heterocycles. The number of halogens is 3. The summed E-state index contributed by atoms with van der Waals surface area (Å²) in [6.07, 6.45) is 2.43. The zero-order valence-corrected chi connectivity index (χ0v) is 20.1. The Morgan fingerprint density at radius 2 is 1.79 bits per heavy atom. The first-order valence-corrected chi connectivity index (χ1v) is 11.9. The Hall–Kier alpha value is -2.64. The number of carbonyl (C=O) groups is 3. The summed E-state index contributed by atoms with van der Waals surface area (Å²) in [5.74, 6) is -1.68. The number of carbonyl (C=O) groups excluding carboxylic acids is 2. The van der Waals surface area contributed by atoms with Gasteiger partial charge in [-0.1, -0.05) is 41.4 Å². The van der Waals surface area contributed by atoms with Crippen molar-refractivity contribution < 1.29 is 23.9 Å². The number of amides is 2. The summed E-state index contributed by atoms with van der Waals surface area (Å²) in [5.41, 5.74) is 1.45. The molecule has 2 aromatic rings. The van der Waals surface area contributed by atoms with Crippen LogP contribution in [0.2, 0.25) is 10.0 Å². The number of aryl methyl sites for hydroxylation is 1. The van der Waals surface area contributed by atoms with E-state index in [1.807, 2.05) is 0 Å². The zero-order valence-electron chi connectivity index (χ0n) is 18.6. The lowest BCUT2D eigenvalue weighted by Crippen LogP contribution is -2.44. The van der Waals surface area contributed by atoms with Crippen LogP contribution in [0, 0.1) is 11.7 Å². The highest BCUT2D eigenvalue weighted by Crippen LogP contribution is 2.24. The first-order valence-electron chi connectivity index (χ1n) is 11.2. The predicted octanol–water partition coefficient (Wildman–Crippen LogP) is 4.51. The van der Waals surface area contributed by atoms with E-state index in [9.17, 15) is 23.9 Å². The van der Waals surface area contributed by atoms with E-state index in [1.165, 1.54) is 12.1 Å². The molecule has 0 saturated carbocycles. The molecule has 1 aliphatic rings. The molecule has 182 valence electrons.